The van der Waals surface area contributed by atoms with E-state index in [0.717, 1.165) is 11.8 Å². The summed E-state index contributed by atoms with van der Waals surface area (Å²) in [4.78, 5) is 2.52. The molecule has 0 aromatic rings. The van der Waals surface area contributed by atoms with Crippen molar-refractivity contribution in [3.8, 4) is 0 Å². The van der Waals surface area contributed by atoms with Gasteiger partial charge < -0.3 is 10.6 Å². The Hall–Kier alpha value is -0.0800. The molecule has 1 aliphatic rings. The van der Waals surface area contributed by atoms with Gasteiger partial charge in [0.05, 0.1) is 0 Å². The molecule has 0 spiro atoms. The summed E-state index contributed by atoms with van der Waals surface area (Å²) < 4.78 is 0. The lowest BCUT2D eigenvalue weighted by Gasteiger charge is -2.41. The summed E-state index contributed by atoms with van der Waals surface area (Å²) in [5.74, 6) is 1.70. The average molecular weight is 240 g/mol. The molecule has 1 aliphatic carbocycles. The van der Waals surface area contributed by atoms with Gasteiger partial charge in [0.15, 0.2) is 0 Å². The summed E-state index contributed by atoms with van der Waals surface area (Å²) in [6, 6.07) is 1.02. The molecule has 2 N–H and O–H groups in total. The van der Waals surface area contributed by atoms with Crippen LogP contribution >= 0.6 is 0 Å². The van der Waals surface area contributed by atoms with Crippen molar-refractivity contribution in [2.45, 2.75) is 71.4 Å². The summed E-state index contributed by atoms with van der Waals surface area (Å²) in [7, 11) is 2.27. The van der Waals surface area contributed by atoms with Gasteiger partial charge in [0.1, 0.15) is 0 Å². The zero-order valence-electron chi connectivity index (χ0n) is 12.3. The molecule has 0 aromatic heterocycles. The van der Waals surface area contributed by atoms with Gasteiger partial charge in [-0.1, -0.05) is 33.6 Å². The van der Waals surface area contributed by atoms with Crippen molar-refractivity contribution < 1.29 is 0 Å². The summed E-state index contributed by atoms with van der Waals surface area (Å²) in [5, 5.41) is 0. The van der Waals surface area contributed by atoms with Crippen molar-refractivity contribution >= 4 is 0 Å². The van der Waals surface area contributed by atoms with Crippen molar-refractivity contribution in [2.24, 2.45) is 17.6 Å². The lowest BCUT2D eigenvalue weighted by Crippen LogP contribution is -2.50. The van der Waals surface area contributed by atoms with E-state index in [4.69, 9.17) is 5.73 Å². The number of nitrogens with two attached hydrogens (primary N) is 1. The second-order valence-corrected chi connectivity index (χ2v) is 6.24. The van der Waals surface area contributed by atoms with Crippen LogP contribution in [0.5, 0.6) is 0 Å². The zero-order valence-corrected chi connectivity index (χ0v) is 12.3. The van der Waals surface area contributed by atoms with Gasteiger partial charge >= 0.3 is 0 Å². The minimum atomic E-state index is 0.400. The SMILES string of the molecule is CCCCCN(C)C1CC(C(C)C)CCC1N. The van der Waals surface area contributed by atoms with Crippen LogP contribution in [0.25, 0.3) is 0 Å². The first-order valence-corrected chi connectivity index (χ1v) is 7.52. The van der Waals surface area contributed by atoms with Crippen LogP contribution in [0.4, 0.5) is 0 Å². The monoisotopic (exact) mass is 240 g/mol. The maximum atomic E-state index is 6.30. The van der Waals surface area contributed by atoms with Crippen LogP contribution in [-0.2, 0) is 0 Å². The number of hydrogen-bond acceptors (Lipinski definition) is 2. The lowest BCUT2D eigenvalue weighted by atomic mass is 9.76. The second kappa shape index (κ2) is 7.38. The molecule has 0 amide bonds. The molecule has 1 saturated carbocycles. The third-order valence-electron chi connectivity index (χ3n) is 4.53. The number of unbranched alkanes of at least 4 members (excludes halogenated alkanes) is 2. The van der Waals surface area contributed by atoms with Gasteiger partial charge in [-0.2, -0.15) is 0 Å². The summed E-state index contributed by atoms with van der Waals surface area (Å²) in [6.45, 7) is 8.20. The Morgan fingerprint density at radius 2 is 1.94 bits per heavy atom. The van der Waals surface area contributed by atoms with Crippen LogP contribution in [0.2, 0.25) is 0 Å². The lowest BCUT2D eigenvalue weighted by molar-refractivity contribution is 0.116. The van der Waals surface area contributed by atoms with Crippen molar-refractivity contribution in [3.05, 3.63) is 0 Å². The Labute approximate surface area is 108 Å². The van der Waals surface area contributed by atoms with E-state index in [1.54, 1.807) is 0 Å². The number of nitrogens with zero attached hydrogens (tertiary/aromatic N) is 1. The van der Waals surface area contributed by atoms with E-state index >= 15 is 0 Å². The molecule has 0 saturated heterocycles. The molecule has 0 bridgehead atoms. The zero-order chi connectivity index (χ0) is 12.8. The molecule has 1 rings (SSSR count). The van der Waals surface area contributed by atoms with Gasteiger partial charge in [-0.25, -0.2) is 0 Å². The smallest absolute Gasteiger partial charge is 0.0246 e. The van der Waals surface area contributed by atoms with E-state index in [1.165, 1.54) is 45.1 Å². The second-order valence-electron chi connectivity index (χ2n) is 6.24. The molecule has 2 nitrogen and oxygen atoms in total. The van der Waals surface area contributed by atoms with Gasteiger partial charge in [-0.15, -0.1) is 0 Å². The van der Waals surface area contributed by atoms with Crippen molar-refractivity contribution in [2.75, 3.05) is 13.6 Å². The molecular weight excluding hydrogens is 208 g/mol. The minimum Gasteiger partial charge on any atom is -0.326 e. The molecule has 102 valence electrons. The first kappa shape index (κ1) is 15.0. The topological polar surface area (TPSA) is 29.3 Å². The van der Waals surface area contributed by atoms with Crippen molar-refractivity contribution in [1.82, 2.24) is 4.90 Å². The van der Waals surface area contributed by atoms with Gasteiger partial charge in [0.25, 0.3) is 0 Å². The molecule has 3 atom stereocenters. The standard InChI is InChI=1S/C15H32N2/c1-5-6-7-10-17(4)15-11-13(12(2)3)8-9-14(15)16/h12-15H,5-11,16H2,1-4H3. The Morgan fingerprint density at radius 3 is 2.53 bits per heavy atom. The molecular formula is C15H32N2. The van der Waals surface area contributed by atoms with Crippen LogP contribution < -0.4 is 5.73 Å². The van der Waals surface area contributed by atoms with Crippen LogP contribution in [0, 0.1) is 11.8 Å². The molecule has 0 aromatic carbocycles. The van der Waals surface area contributed by atoms with Gasteiger partial charge in [-0.05, 0) is 51.1 Å². The summed E-state index contributed by atoms with van der Waals surface area (Å²) >= 11 is 0. The van der Waals surface area contributed by atoms with Crippen molar-refractivity contribution in [3.63, 3.8) is 0 Å². The average Bonchev–Trinajstić information content (AvgIpc) is 2.29. The molecule has 17 heavy (non-hydrogen) atoms. The fraction of sp³-hybridized carbons (Fsp3) is 1.00. The fourth-order valence-corrected chi connectivity index (χ4v) is 3.09. The normalized spacial score (nSPS) is 30.2. The van der Waals surface area contributed by atoms with E-state index in [2.05, 4.69) is 32.7 Å². The molecule has 0 heterocycles. The summed E-state index contributed by atoms with van der Waals surface area (Å²) in [6.07, 6.45) is 7.83. The number of rotatable bonds is 6. The minimum absolute atomic E-state index is 0.400. The molecule has 0 radical (unpaired) electrons. The third-order valence-corrected chi connectivity index (χ3v) is 4.53. The largest absolute Gasteiger partial charge is 0.326 e. The quantitative estimate of drug-likeness (QED) is 0.722. The highest BCUT2D eigenvalue weighted by atomic mass is 15.1. The Kier molecular flexibility index (Phi) is 6.50. The number of hydrogen-bond donors (Lipinski definition) is 1. The maximum absolute atomic E-state index is 6.30. The number of likely N-dealkylation sites (N-methyl/N-ethyl adjacent to an activating group) is 1. The van der Waals surface area contributed by atoms with Crippen LogP contribution in [-0.4, -0.2) is 30.6 Å². The summed E-state index contributed by atoms with van der Waals surface area (Å²) in [5.41, 5.74) is 6.30. The third kappa shape index (κ3) is 4.59. The Balaban J connectivity index is 2.42. The molecule has 0 aliphatic heterocycles. The molecule has 3 unspecified atom stereocenters. The molecule has 2 heteroatoms. The van der Waals surface area contributed by atoms with E-state index in [1.807, 2.05) is 0 Å². The highest BCUT2D eigenvalue weighted by Crippen LogP contribution is 2.31. The van der Waals surface area contributed by atoms with E-state index in [-0.39, 0.29) is 0 Å². The van der Waals surface area contributed by atoms with Crippen LogP contribution in [0.15, 0.2) is 0 Å². The Bertz CT molecular complexity index is 203. The highest BCUT2D eigenvalue weighted by molar-refractivity contribution is 4.89. The van der Waals surface area contributed by atoms with E-state index in [9.17, 15) is 0 Å². The van der Waals surface area contributed by atoms with Gasteiger partial charge in [-0.3, -0.25) is 0 Å². The Morgan fingerprint density at radius 1 is 1.24 bits per heavy atom. The van der Waals surface area contributed by atoms with E-state index < -0.39 is 0 Å². The predicted molar refractivity (Wildman–Crippen MR) is 76.1 cm³/mol. The first-order valence-electron chi connectivity index (χ1n) is 7.52. The maximum Gasteiger partial charge on any atom is 0.0246 e. The van der Waals surface area contributed by atoms with Crippen molar-refractivity contribution in [1.29, 1.82) is 0 Å². The fourth-order valence-electron chi connectivity index (χ4n) is 3.09. The van der Waals surface area contributed by atoms with E-state index in [0.29, 0.717) is 12.1 Å². The van der Waals surface area contributed by atoms with Gasteiger partial charge in [0.2, 0.25) is 0 Å². The molecule has 1 fully saturated rings. The van der Waals surface area contributed by atoms with Crippen LogP contribution in [0.1, 0.15) is 59.3 Å². The predicted octanol–water partition coefficient (Wildman–Crippen LogP) is 3.26. The first-order chi connectivity index (χ1) is 8.06. The van der Waals surface area contributed by atoms with Crippen LogP contribution in [0.3, 0.4) is 0 Å². The van der Waals surface area contributed by atoms with Gasteiger partial charge in [0, 0.05) is 12.1 Å². The highest BCUT2D eigenvalue weighted by Gasteiger charge is 2.31.